The largest absolute Gasteiger partial charge is 0.305 e. The van der Waals surface area contributed by atoms with Crippen molar-refractivity contribution >= 4 is 37.4 Å². The van der Waals surface area contributed by atoms with E-state index in [0.29, 0.717) is 0 Å². The molecule has 0 unspecified atom stereocenters. The second-order valence-corrected chi connectivity index (χ2v) is 5.35. The van der Waals surface area contributed by atoms with Crippen molar-refractivity contribution in [1.29, 1.82) is 0 Å². The molecular weight excluding hydrogens is 258 g/mol. The topological polar surface area (TPSA) is 3.24 Å². The maximum absolute atomic E-state index is 3.57. The minimum atomic E-state index is 1.01. The van der Waals surface area contributed by atoms with Crippen LogP contribution in [0.5, 0.6) is 0 Å². The molecule has 0 aliphatic heterocycles. The van der Waals surface area contributed by atoms with Crippen LogP contribution >= 0.6 is 27.3 Å². The van der Waals surface area contributed by atoms with Crippen LogP contribution in [0, 0.1) is 0 Å². The molecule has 14 heavy (non-hydrogen) atoms. The molecule has 0 aliphatic rings. The number of benzene rings is 1. The fraction of sp³-hybridized carbons (Fsp3) is 0.273. The normalized spacial score (nSPS) is 11.4. The first-order chi connectivity index (χ1) is 6.68. The molecule has 2 aromatic rings. The minimum Gasteiger partial charge on any atom is -0.305 e. The molecule has 3 heteroatoms. The number of thiophene rings is 1. The Bertz CT molecular complexity index is 447. The molecule has 0 spiro atoms. The molecule has 0 saturated carbocycles. The Morgan fingerprint density at radius 3 is 2.86 bits per heavy atom. The Hall–Kier alpha value is -0.380. The summed E-state index contributed by atoms with van der Waals surface area (Å²) >= 11 is 5.38. The predicted octanol–water partition coefficient (Wildman–Crippen LogP) is 3.73. The number of nitrogens with zero attached hydrogens (tertiary/aromatic N) is 1. The summed E-state index contributed by atoms with van der Waals surface area (Å²) in [6.45, 7) is 1.01. The van der Waals surface area contributed by atoms with Gasteiger partial charge in [0.1, 0.15) is 0 Å². The summed E-state index contributed by atoms with van der Waals surface area (Å²) in [6.07, 6.45) is 0. The van der Waals surface area contributed by atoms with Gasteiger partial charge in [-0.05, 0) is 52.4 Å². The van der Waals surface area contributed by atoms with Gasteiger partial charge in [0, 0.05) is 15.7 Å². The van der Waals surface area contributed by atoms with Crippen molar-refractivity contribution in [2.75, 3.05) is 14.1 Å². The monoisotopic (exact) mass is 269 g/mol. The summed E-state index contributed by atoms with van der Waals surface area (Å²) in [5.74, 6) is 0. The Labute approximate surface area is 96.5 Å². The van der Waals surface area contributed by atoms with Crippen LogP contribution in [0.15, 0.2) is 28.1 Å². The van der Waals surface area contributed by atoms with E-state index >= 15 is 0 Å². The third-order valence-corrected chi connectivity index (χ3v) is 4.12. The zero-order valence-corrected chi connectivity index (χ0v) is 10.7. The van der Waals surface area contributed by atoms with Crippen molar-refractivity contribution in [2.24, 2.45) is 0 Å². The first-order valence-electron chi connectivity index (χ1n) is 4.48. The van der Waals surface area contributed by atoms with Gasteiger partial charge in [-0.15, -0.1) is 11.3 Å². The van der Waals surface area contributed by atoms with Crippen molar-refractivity contribution < 1.29 is 0 Å². The second kappa shape index (κ2) is 4.01. The highest BCUT2D eigenvalue weighted by Crippen LogP contribution is 2.32. The maximum Gasteiger partial charge on any atom is 0.0488 e. The predicted molar refractivity (Wildman–Crippen MR) is 66.9 cm³/mol. The molecule has 0 bridgehead atoms. The Kier molecular flexibility index (Phi) is 2.91. The molecule has 0 atom stereocenters. The van der Waals surface area contributed by atoms with Crippen LogP contribution in [0.25, 0.3) is 10.1 Å². The van der Waals surface area contributed by atoms with E-state index in [1.165, 1.54) is 20.1 Å². The minimum absolute atomic E-state index is 1.01. The maximum atomic E-state index is 3.57. The van der Waals surface area contributed by atoms with Crippen LogP contribution in [-0.2, 0) is 6.54 Å². The molecule has 1 aromatic carbocycles. The van der Waals surface area contributed by atoms with E-state index in [2.05, 4.69) is 58.5 Å². The van der Waals surface area contributed by atoms with E-state index in [1.54, 1.807) is 0 Å². The van der Waals surface area contributed by atoms with Gasteiger partial charge in [0.25, 0.3) is 0 Å². The summed E-state index contributed by atoms with van der Waals surface area (Å²) in [5, 5.41) is 3.62. The standard InChI is InChI=1S/C11H12BrNS/c1-13(2)6-8-7-14-11-9(8)4-3-5-10(11)12/h3-5,7H,6H2,1-2H3. The van der Waals surface area contributed by atoms with E-state index in [9.17, 15) is 0 Å². The molecule has 0 aliphatic carbocycles. The number of fused-ring (bicyclic) bond motifs is 1. The number of hydrogen-bond donors (Lipinski definition) is 0. The molecule has 74 valence electrons. The van der Waals surface area contributed by atoms with Gasteiger partial charge in [-0.25, -0.2) is 0 Å². The molecular formula is C11H12BrNS. The molecule has 0 amide bonds. The quantitative estimate of drug-likeness (QED) is 0.803. The van der Waals surface area contributed by atoms with Crippen LogP contribution in [0.2, 0.25) is 0 Å². The van der Waals surface area contributed by atoms with Crippen molar-refractivity contribution in [2.45, 2.75) is 6.54 Å². The smallest absolute Gasteiger partial charge is 0.0488 e. The van der Waals surface area contributed by atoms with Gasteiger partial charge in [-0.3, -0.25) is 0 Å². The third kappa shape index (κ3) is 1.85. The molecule has 1 nitrogen and oxygen atoms in total. The van der Waals surface area contributed by atoms with Crippen molar-refractivity contribution in [3.05, 3.63) is 33.6 Å². The SMILES string of the molecule is CN(C)Cc1csc2c(Br)cccc12. The van der Waals surface area contributed by atoms with Gasteiger partial charge >= 0.3 is 0 Å². The molecule has 1 heterocycles. The Morgan fingerprint density at radius 1 is 1.36 bits per heavy atom. The van der Waals surface area contributed by atoms with Crippen LogP contribution < -0.4 is 0 Å². The van der Waals surface area contributed by atoms with E-state index in [0.717, 1.165) is 6.54 Å². The first-order valence-corrected chi connectivity index (χ1v) is 6.15. The lowest BCUT2D eigenvalue weighted by atomic mass is 10.2. The lowest BCUT2D eigenvalue weighted by Crippen LogP contribution is -2.09. The lowest BCUT2D eigenvalue weighted by molar-refractivity contribution is 0.404. The van der Waals surface area contributed by atoms with E-state index in [-0.39, 0.29) is 0 Å². The number of rotatable bonds is 2. The highest BCUT2D eigenvalue weighted by molar-refractivity contribution is 9.10. The fourth-order valence-electron chi connectivity index (χ4n) is 1.54. The van der Waals surface area contributed by atoms with Crippen molar-refractivity contribution in [3.8, 4) is 0 Å². The highest BCUT2D eigenvalue weighted by Gasteiger charge is 2.06. The zero-order valence-electron chi connectivity index (χ0n) is 8.25. The van der Waals surface area contributed by atoms with Crippen molar-refractivity contribution in [3.63, 3.8) is 0 Å². The fourth-order valence-corrected chi connectivity index (χ4v) is 3.15. The Balaban J connectivity index is 2.52. The van der Waals surface area contributed by atoms with Gasteiger partial charge in [0.05, 0.1) is 0 Å². The highest BCUT2D eigenvalue weighted by atomic mass is 79.9. The summed E-state index contributed by atoms with van der Waals surface area (Å²) in [6, 6.07) is 6.38. The molecule has 0 N–H and O–H groups in total. The summed E-state index contributed by atoms with van der Waals surface area (Å²) in [5.41, 5.74) is 1.41. The summed E-state index contributed by atoms with van der Waals surface area (Å²) < 4.78 is 2.55. The molecule has 0 fully saturated rings. The number of halogens is 1. The van der Waals surface area contributed by atoms with Gasteiger partial charge in [0.2, 0.25) is 0 Å². The molecule has 1 aromatic heterocycles. The van der Waals surface area contributed by atoms with Crippen LogP contribution in [-0.4, -0.2) is 19.0 Å². The van der Waals surface area contributed by atoms with Gasteiger partial charge in [-0.1, -0.05) is 12.1 Å². The molecule has 0 saturated heterocycles. The van der Waals surface area contributed by atoms with Gasteiger partial charge in [0.15, 0.2) is 0 Å². The van der Waals surface area contributed by atoms with Gasteiger partial charge in [-0.2, -0.15) is 0 Å². The number of hydrogen-bond acceptors (Lipinski definition) is 2. The van der Waals surface area contributed by atoms with Crippen LogP contribution in [0.1, 0.15) is 5.56 Å². The average Bonchev–Trinajstić information content (AvgIpc) is 2.49. The Morgan fingerprint density at radius 2 is 2.14 bits per heavy atom. The lowest BCUT2D eigenvalue weighted by Gasteiger charge is -2.07. The van der Waals surface area contributed by atoms with Crippen LogP contribution in [0.4, 0.5) is 0 Å². The first kappa shape index (κ1) is 10.1. The van der Waals surface area contributed by atoms with Crippen molar-refractivity contribution in [1.82, 2.24) is 4.90 Å². The summed E-state index contributed by atoms with van der Waals surface area (Å²) in [4.78, 5) is 2.20. The van der Waals surface area contributed by atoms with E-state index in [4.69, 9.17) is 0 Å². The average molecular weight is 270 g/mol. The third-order valence-electron chi connectivity index (χ3n) is 2.12. The van der Waals surface area contributed by atoms with E-state index in [1.807, 2.05) is 11.3 Å². The van der Waals surface area contributed by atoms with Gasteiger partial charge < -0.3 is 4.90 Å². The molecule has 0 radical (unpaired) electrons. The molecule has 2 rings (SSSR count). The zero-order chi connectivity index (χ0) is 10.1. The summed E-state index contributed by atoms with van der Waals surface area (Å²) in [7, 11) is 4.20. The van der Waals surface area contributed by atoms with E-state index < -0.39 is 0 Å². The second-order valence-electron chi connectivity index (χ2n) is 3.62. The van der Waals surface area contributed by atoms with Crippen LogP contribution in [0.3, 0.4) is 0 Å².